The van der Waals surface area contributed by atoms with Crippen molar-refractivity contribution in [1.82, 2.24) is 5.32 Å². The lowest BCUT2D eigenvalue weighted by Gasteiger charge is -2.21. The van der Waals surface area contributed by atoms with E-state index >= 15 is 0 Å². The summed E-state index contributed by atoms with van der Waals surface area (Å²) in [5.74, 6) is 0.00282. The van der Waals surface area contributed by atoms with Crippen LogP contribution in [0.3, 0.4) is 0 Å². The molecular formula is C32H41N5O6. The van der Waals surface area contributed by atoms with Crippen molar-refractivity contribution in [3.8, 4) is 11.5 Å². The highest BCUT2D eigenvalue weighted by atomic mass is 16.5. The van der Waals surface area contributed by atoms with Gasteiger partial charge in [0.2, 0.25) is 5.91 Å². The number of hydrogen-bond acceptors (Lipinski definition) is 8. The number of unbranched alkanes of at least 4 members (excludes halogenated alkanes) is 1. The number of benzene rings is 3. The first kappa shape index (κ1) is 33.1. The standard InChI is InChI=1S/C32H41N5O6/c1-37(27-12-5-3-10-24(27)22-42-18-8-7-17-35-30(38)21-34)32(40)23-14-15-26(29(20-23)41-2)36-31(39)25-11-4-6-13-28(25)43-19-9-16-33/h3-6,10-15,20H,7-9,16-19,21-22,33-34H2,1-2H3,(H,35,38)(H,36,39). The molecule has 0 radical (unpaired) electrons. The van der Waals surface area contributed by atoms with Gasteiger partial charge in [0.1, 0.15) is 11.5 Å². The van der Waals surface area contributed by atoms with Crippen LogP contribution in [0.4, 0.5) is 11.4 Å². The Morgan fingerprint density at radius 3 is 2.42 bits per heavy atom. The molecule has 3 rings (SSSR count). The van der Waals surface area contributed by atoms with E-state index in [4.69, 9.17) is 25.7 Å². The van der Waals surface area contributed by atoms with Crippen molar-refractivity contribution in [1.29, 1.82) is 0 Å². The number of carbonyl (C=O) groups excluding carboxylic acids is 3. The Hall–Kier alpha value is -4.45. The smallest absolute Gasteiger partial charge is 0.259 e. The topological polar surface area (TPSA) is 158 Å². The fraction of sp³-hybridized carbons (Fsp3) is 0.344. The second kappa shape index (κ2) is 17.5. The number of para-hydroxylation sites is 2. The molecule has 0 heterocycles. The van der Waals surface area contributed by atoms with E-state index in [0.29, 0.717) is 73.3 Å². The Labute approximate surface area is 252 Å². The quantitative estimate of drug-likeness (QED) is 0.174. The van der Waals surface area contributed by atoms with Crippen LogP contribution < -0.4 is 36.5 Å². The summed E-state index contributed by atoms with van der Waals surface area (Å²) in [6.45, 7) is 2.27. The van der Waals surface area contributed by atoms with Crippen LogP contribution in [0.15, 0.2) is 66.7 Å². The van der Waals surface area contributed by atoms with E-state index < -0.39 is 0 Å². The lowest BCUT2D eigenvalue weighted by Crippen LogP contribution is -2.31. The fourth-order valence-corrected chi connectivity index (χ4v) is 4.24. The van der Waals surface area contributed by atoms with Crippen molar-refractivity contribution in [2.75, 3.05) is 57.2 Å². The van der Waals surface area contributed by atoms with Gasteiger partial charge in [-0.1, -0.05) is 30.3 Å². The van der Waals surface area contributed by atoms with Gasteiger partial charge >= 0.3 is 0 Å². The molecule has 0 fully saturated rings. The average molecular weight is 592 g/mol. The van der Waals surface area contributed by atoms with Crippen molar-refractivity contribution < 1.29 is 28.6 Å². The van der Waals surface area contributed by atoms with Crippen LogP contribution >= 0.6 is 0 Å². The Morgan fingerprint density at radius 2 is 1.65 bits per heavy atom. The van der Waals surface area contributed by atoms with Crippen molar-refractivity contribution in [3.05, 3.63) is 83.4 Å². The van der Waals surface area contributed by atoms with Crippen LogP contribution in [0.25, 0.3) is 0 Å². The molecule has 0 spiro atoms. The molecule has 6 N–H and O–H groups in total. The summed E-state index contributed by atoms with van der Waals surface area (Å²) in [6, 6.07) is 19.4. The highest BCUT2D eigenvalue weighted by molar-refractivity contribution is 6.09. The summed E-state index contributed by atoms with van der Waals surface area (Å²) in [5.41, 5.74) is 13.6. The first-order valence-corrected chi connectivity index (χ1v) is 14.2. The van der Waals surface area contributed by atoms with E-state index in [1.807, 2.05) is 24.3 Å². The maximum atomic E-state index is 13.5. The number of rotatable bonds is 17. The third-order valence-corrected chi connectivity index (χ3v) is 6.57. The Morgan fingerprint density at radius 1 is 0.884 bits per heavy atom. The van der Waals surface area contributed by atoms with Crippen LogP contribution in [0.1, 0.15) is 45.5 Å². The maximum absolute atomic E-state index is 13.5. The zero-order valence-electron chi connectivity index (χ0n) is 24.8. The van der Waals surface area contributed by atoms with E-state index in [0.717, 1.165) is 18.4 Å². The normalized spacial score (nSPS) is 10.6. The SMILES string of the molecule is COc1cc(C(=O)N(C)c2ccccc2COCCCCNC(=O)CN)ccc1NC(=O)c1ccccc1OCCCN. The zero-order valence-corrected chi connectivity index (χ0v) is 24.8. The van der Waals surface area contributed by atoms with Gasteiger partial charge < -0.3 is 41.2 Å². The molecule has 0 saturated heterocycles. The van der Waals surface area contributed by atoms with Gasteiger partial charge in [-0.2, -0.15) is 0 Å². The fourth-order valence-electron chi connectivity index (χ4n) is 4.24. The summed E-state index contributed by atoms with van der Waals surface area (Å²) < 4.78 is 17.1. The highest BCUT2D eigenvalue weighted by Crippen LogP contribution is 2.29. The van der Waals surface area contributed by atoms with Gasteiger partial charge in [0.25, 0.3) is 11.8 Å². The zero-order chi connectivity index (χ0) is 31.0. The van der Waals surface area contributed by atoms with Gasteiger partial charge in [-0.05, 0) is 62.2 Å². The molecule has 230 valence electrons. The van der Waals surface area contributed by atoms with Gasteiger partial charge in [0.15, 0.2) is 0 Å². The Kier molecular flexibility index (Phi) is 13.4. The lowest BCUT2D eigenvalue weighted by atomic mass is 10.1. The molecule has 0 aliphatic heterocycles. The van der Waals surface area contributed by atoms with Gasteiger partial charge in [0, 0.05) is 37.0 Å². The minimum absolute atomic E-state index is 0.0197. The van der Waals surface area contributed by atoms with Gasteiger partial charge in [0.05, 0.1) is 38.1 Å². The van der Waals surface area contributed by atoms with Gasteiger partial charge in [-0.15, -0.1) is 0 Å². The van der Waals surface area contributed by atoms with Crippen LogP contribution in [0.2, 0.25) is 0 Å². The van der Waals surface area contributed by atoms with Gasteiger partial charge in [-0.25, -0.2) is 0 Å². The molecule has 43 heavy (non-hydrogen) atoms. The highest BCUT2D eigenvalue weighted by Gasteiger charge is 2.20. The number of carbonyl (C=O) groups is 3. The number of ether oxygens (including phenoxy) is 3. The minimum atomic E-state index is -0.368. The number of nitrogens with two attached hydrogens (primary N) is 2. The van der Waals surface area contributed by atoms with E-state index in [-0.39, 0.29) is 24.3 Å². The van der Waals surface area contributed by atoms with Crippen LogP contribution in [-0.2, 0) is 16.1 Å². The van der Waals surface area contributed by atoms with Crippen molar-refractivity contribution in [3.63, 3.8) is 0 Å². The number of anilines is 2. The molecule has 3 aromatic rings. The number of methoxy groups -OCH3 is 1. The van der Waals surface area contributed by atoms with Crippen molar-refractivity contribution in [2.24, 2.45) is 11.5 Å². The summed E-state index contributed by atoms with van der Waals surface area (Å²) in [4.78, 5) is 39.4. The largest absolute Gasteiger partial charge is 0.495 e. The van der Waals surface area contributed by atoms with E-state index in [2.05, 4.69) is 10.6 Å². The molecule has 11 heteroatoms. The van der Waals surface area contributed by atoms with Crippen LogP contribution in [-0.4, -0.2) is 64.7 Å². The molecule has 3 aromatic carbocycles. The van der Waals surface area contributed by atoms with E-state index in [1.165, 1.54) is 7.11 Å². The lowest BCUT2D eigenvalue weighted by molar-refractivity contribution is -0.119. The summed E-state index contributed by atoms with van der Waals surface area (Å²) in [6.07, 6.45) is 2.22. The predicted octanol–water partition coefficient (Wildman–Crippen LogP) is 3.32. The number of nitrogens with one attached hydrogen (secondary N) is 2. The summed E-state index contributed by atoms with van der Waals surface area (Å²) in [7, 11) is 3.18. The molecule has 0 aliphatic rings. The first-order chi connectivity index (χ1) is 20.9. The third kappa shape index (κ3) is 9.81. The molecule has 0 aromatic heterocycles. The van der Waals surface area contributed by atoms with Crippen LogP contribution in [0, 0.1) is 0 Å². The second-order valence-corrected chi connectivity index (χ2v) is 9.66. The monoisotopic (exact) mass is 591 g/mol. The van der Waals surface area contributed by atoms with E-state index in [1.54, 1.807) is 54.4 Å². The molecule has 3 amide bonds. The molecular weight excluding hydrogens is 550 g/mol. The third-order valence-electron chi connectivity index (χ3n) is 6.57. The summed E-state index contributed by atoms with van der Waals surface area (Å²) >= 11 is 0. The van der Waals surface area contributed by atoms with Crippen molar-refractivity contribution in [2.45, 2.75) is 25.9 Å². The average Bonchev–Trinajstić information content (AvgIpc) is 3.04. The number of hydrogen-bond donors (Lipinski definition) is 4. The van der Waals surface area contributed by atoms with Crippen LogP contribution in [0.5, 0.6) is 11.5 Å². The first-order valence-electron chi connectivity index (χ1n) is 14.2. The predicted molar refractivity (Wildman–Crippen MR) is 167 cm³/mol. The molecule has 0 aliphatic carbocycles. The molecule has 0 atom stereocenters. The summed E-state index contributed by atoms with van der Waals surface area (Å²) in [5, 5.41) is 5.59. The molecule has 0 unspecified atom stereocenters. The van der Waals surface area contributed by atoms with Crippen molar-refractivity contribution >= 4 is 29.1 Å². The molecule has 11 nitrogen and oxygen atoms in total. The molecule has 0 bridgehead atoms. The second-order valence-electron chi connectivity index (χ2n) is 9.66. The maximum Gasteiger partial charge on any atom is 0.259 e. The Bertz CT molecular complexity index is 1370. The van der Waals surface area contributed by atoms with E-state index in [9.17, 15) is 14.4 Å². The number of amides is 3. The molecule has 0 saturated carbocycles. The van der Waals surface area contributed by atoms with Gasteiger partial charge in [-0.3, -0.25) is 14.4 Å². The number of nitrogens with zero attached hydrogens (tertiary/aromatic N) is 1. The Balaban J connectivity index is 1.65. The minimum Gasteiger partial charge on any atom is -0.495 e.